The molecule has 1 rings (SSSR count). The molecule has 28 valence electrons. The zero-order chi connectivity index (χ0) is 3.70. The summed E-state index contributed by atoms with van der Waals surface area (Å²) in [4.78, 5) is 0. The molecule has 2 heteroatoms. The van der Waals surface area contributed by atoms with Crippen LogP contribution in [-0.4, -0.2) is 18.1 Å². The topological polar surface area (TPSA) is 0 Å². The smallest absolute Gasteiger partial charge is 0.0125 e. The first kappa shape index (κ1) is 3.37. The van der Waals surface area contributed by atoms with E-state index < -0.39 is 0 Å². The molecule has 1 aliphatic rings. The average molecular weight is 100 g/mol. The summed E-state index contributed by atoms with van der Waals surface area (Å²) in [7, 11) is 1.20. The summed E-state index contributed by atoms with van der Waals surface area (Å²) < 4.78 is 0. The third-order valence-corrected chi connectivity index (χ3v) is 6.60. The van der Waals surface area contributed by atoms with Crippen LogP contribution in [0.5, 0.6) is 0 Å². The third-order valence-electron chi connectivity index (χ3n) is 0.955. The normalized spacial score (nSPS) is 42.8. The number of allylic oxidation sites excluding steroid dienone is 1. The van der Waals surface area contributed by atoms with Gasteiger partial charge < -0.3 is 0 Å². The van der Waals surface area contributed by atoms with Gasteiger partial charge in [0, 0.05) is 18.1 Å². The first-order chi connectivity index (χ1) is 2.43. The standard InChI is InChI=1S/C3H8Si2/c1-2-3-4-5-3/h2-3H,1,4-5H2. The molecule has 0 atom stereocenters. The molecular formula is C3H8Si2. The number of rotatable bonds is 1. The van der Waals surface area contributed by atoms with Crippen molar-refractivity contribution in [3.05, 3.63) is 12.7 Å². The van der Waals surface area contributed by atoms with E-state index in [2.05, 4.69) is 12.7 Å². The van der Waals surface area contributed by atoms with Gasteiger partial charge >= 0.3 is 0 Å². The van der Waals surface area contributed by atoms with Crippen molar-refractivity contribution in [3.8, 4) is 0 Å². The molecule has 0 amide bonds. The fraction of sp³-hybridized carbons (Fsp3) is 0.333. The molecule has 0 spiro atoms. The van der Waals surface area contributed by atoms with E-state index in [1.54, 1.807) is 0 Å². The first-order valence-electron chi connectivity index (χ1n) is 2.06. The Balaban J connectivity index is 2.21. The van der Waals surface area contributed by atoms with Crippen molar-refractivity contribution in [2.45, 2.75) is 5.16 Å². The van der Waals surface area contributed by atoms with Crippen molar-refractivity contribution in [1.82, 2.24) is 0 Å². The van der Waals surface area contributed by atoms with E-state index in [9.17, 15) is 0 Å². The quantitative estimate of drug-likeness (QED) is 0.298. The number of hydrogen-bond donors (Lipinski definition) is 0. The van der Waals surface area contributed by atoms with Gasteiger partial charge in [-0.15, -0.1) is 6.58 Å². The molecule has 0 aromatic carbocycles. The summed E-state index contributed by atoms with van der Waals surface area (Å²) in [6, 6.07) is 0. The average Bonchev–Trinajstić information content (AvgIpc) is 2.12. The van der Waals surface area contributed by atoms with Crippen molar-refractivity contribution in [2.24, 2.45) is 0 Å². The molecule has 5 heavy (non-hydrogen) atoms. The van der Waals surface area contributed by atoms with E-state index >= 15 is 0 Å². The summed E-state index contributed by atoms with van der Waals surface area (Å²) in [5.74, 6) is 0. The summed E-state index contributed by atoms with van der Waals surface area (Å²) in [5, 5.41) is 1.18. The maximum atomic E-state index is 3.69. The molecule has 1 fully saturated rings. The lowest BCUT2D eigenvalue weighted by Crippen LogP contribution is -1.48. The molecular weight excluding hydrogens is 92.2 g/mol. The summed E-state index contributed by atoms with van der Waals surface area (Å²) in [6.45, 7) is 3.69. The highest BCUT2D eigenvalue weighted by Gasteiger charge is 2.17. The molecule has 0 aromatic rings. The highest BCUT2D eigenvalue weighted by molar-refractivity contribution is 7.22. The minimum atomic E-state index is 0.601. The monoisotopic (exact) mass is 100 g/mol. The maximum absolute atomic E-state index is 3.69. The van der Waals surface area contributed by atoms with Crippen molar-refractivity contribution in [2.75, 3.05) is 0 Å². The minimum absolute atomic E-state index is 0.601. The van der Waals surface area contributed by atoms with Crippen molar-refractivity contribution in [3.63, 3.8) is 0 Å². The van der Waals surface area contributed by atoms with E-state index in [1.165, 1.54) is 5.16 Å². The van der Waals surface area contributed by atoms with Gasteiger partial charge in [0.25, 0.3) is 0 Å². The van der Waals surface area contributed by atoms with Crippen LogP contribution < -0.4 is 0 Å². The minimum Gasteiger partial charge on any atom is -0.103 e. The Hall–Kier alpha value is 0.174. The van der Waals surface area contributed by atoms with Gasteiger partial charge in [-0.1, -0.05) is 6.08 Å². The fourth-order valence-electron chi connectivity index (χ4n) is 0.332. The molecule has 1 saturated heterocycles. The van der Waals surface area contributed by atoms with Crippen LogP contribution >= 0.6 is 0 Å². The molecule has 0 N–H and O–H groups in total. The Morgan fingerprint density at radius 2 is 2.20 bits per heavy atom. The zero-order valence-electron chi connectivity index (χ0n) is 3.28. The van der Waals surface area contributed by atoms with Gasteiger partial charge in [-0.05, 0) is 5.16 Å². The Bertz CT molecular complexity index is 46.9. The third kappa shape index (κ3) is 0.737. The molecule has 1 aliphatic heterocycles. The Kier molecular flexibility index (Phi) is 0.743. The molecule has 0 unspecified atom stereocenters. The van der Waals surface area contributed by atoms with Crippen LogP contribution in [0.4, 0.5) is 0 Å². The fourth-order valence-corrected chi connectivity index (χ4v) is 2.99. The van der Waals surface area contributed by atoms with Gasteiger partial charge in [0.2, 0.25) is 0 Å². The van der Waals surface area contributed by atoms with Gasteiger partial charge in [0.15, 0.2) is 0 Å². The van der Waals surface area contributed by atoms with Crippen LogP contribution in [0.15, 0.2) is 12.7 Å². The highest BCUT2D eigenvalue weighted by atomic mass is 29.2. The van der Waals surface area contributed by atoms with Crippen LogP contribution in [0.3, 0.4) is 0 Å². The predicted octanol–water partition coefficient (Wildman–Crippen LogP) is -0.815. The summed E-state index contributed by atoms with van der Waals surface area (Å²) >= 11 is 0. The van der Waals surface area contributed by atoms with E-state index in [0.29, 0.717) is 18.1 Å². The van der Waals surface area contributed by atoms with E-state index in [0.717, 1.165) is 0 Å². The largest absolute Gasteiger partial charge is 0.103 e. The van der Waals surface area contributed by atoms with Crippen LogP contribution in [0.25, 0.3) is 0 Å². The maximum Gasteiger partial charge on any atom is 0.0125 e. The molecule has 0 radical (unpaired) electrons. The SMILES string of the molecule is C=CC1[SiH2][SiH2]1. The predicted molar refractivity (Wildman–Crippen MR) is 31.0 cm³/mol. The Morgan fingerprint density at radius 1 is 1.60 bits per heavy atom. The highest BCUT2D eigenvalue weighted by Crippen LogP contribution is 2.13. The zero-order valence-corrected chi connectivity index (χ0v) is 6.10. The van der Waals surface area contributed by atoms with Crippen LogP contribution in [0, 0.1) is 0 Å². The van der Waals surface area contributed by atoms with Crippen LogP contribution in [-0.2, 0) is 0 Å². The van der Waals surface area contributed by atoms with E-state index in [-0.39, 0.29) is 0 Å². The Morgan fingerprint density at radius 3 is 2.20 bits per heavy atom. The first-order valence-corrected chi connectivity index (χ1v) is 7.69. The van der Waals surface area contributed by atoms with Gasteiger partial charge in [-0.3, -0.25) is 0 Å². The van der Waals surface area contributed by atoms with Gasteiger partial charge in [-0.25, -0.2) is 0 Å². The second-order valence-corrected chi connectivity index (χ2v) is 9.44. The van der Waals surface area contributed by atoms with Crippen molar-refractivity contribution in [1.29, 1.82) is 0 Å². The van der Waals surface area contributed by atoms with Crippen molar-refractivity contribution < 1.29 is 0 Å². The van der Waals surface area contributed by atoms with Crippen LogP contribution in [0.2, 0.25) is 5.16 Å². The molecule has 0 saturated carbocycles. The lowest BCUT2D eigenvalue weighted by Gasteiger charge is -1.63. The van der Waals surface area contributed by atoms with Crippen LogP contribution in [0.1, 0.15) is 0 Å². The van der Waals surface area contributed by atoms with Crippen molar-refractivity contribution >= 4 is 18.1 Å². The molecule has 0 aliphatic carbocycles. The summed E-state index contributed by atoms with van der Waals surface area (Å²) in [6.07, 6.45) is 2.15. The second kappa shape index (κ2) is 1.10. The van der Waals surface area contributed by atoms with E-state index in [1.807, 2.05) is 0 Å². The lowest BCUT2D eigenvalue weighted by molar-refractivity contribution is 1.67. The van der Waals surface area contributed by atoms with Gasteiger partial charge in [0.05, 0.1) is 0 Å². The van der Waals surface area contributed by atoms with Gasteiger partial charge in [0.1, 0.15) is 0 Å². The Labute approximate surface area is 36.7 Å². The number of hydrogen-bond acceptors (Lipinski definition) is 0. The summed E-state index contributed by atoms with van der Waals surface area (Å²) in [5.41, 5.74) is 0. The van der Waals surface area contributed by atoms with E-state index in [4.69, 9.17) is 0 Å². The second-order valence-electron chi connectivity index (χ2n) is 1.57. The van der Waals surface area contributed by atoms with Gasteiger partial charge in [-0.2, -0.15) is 0 Å². The molecule has 1 heterocycles. The molecule has 0 nitrogen and oxygen atoms in total. The molecule has 0 bridgehead atoms. The molecule has 0 aromatic heterocycles. The lowest BCUT2D eigenvalue weighted by atomic mass is 10.7.